The van der Waals surface area contributed by atoms with Gasteiger partial charge in [0.05, 0.1) is 5.56 Å². The van der Waals surface area contributed by atoms with Crippen LogP contribution in [0.3, 0.4) is 0 Å². The van der Waals surface area contributed by atoms with Gasteiger partial charge in [0.2, 0.25) is 0 Å². The van der Waals surface area contributed by atoms with Crippen molar-refractivity contribution < 1.29 is 9.90 Å². The summed E-state index contributed by atoms with van der Waals surface area (Å²) in [6.45, 7) is 0. The highest BCUT2D eigenvalue weighted by atomic mass is 16.4. The third kappa shape index (κ3) is 2.64. The topological polar surface area (TPSA) is 63.3 Å². The van der Waals surface area contributed by atoms with E-state index in [1.54, 1.807) is 18.2 Å². The number of carboxylic acids is 1. The molecule has 2 aromatic carbocycles. The van der Waals surface area contributed by atoms with Crippen LogP contribution < -0.4 is 5.73 Å². The molecule has 86 valence electrons. The number of anilines is 1. The Morgan fingerprint density at radius 3 is 2.35 bits per heavy atom. The molecule has 3 nitrogen and oxygen atoms in total. The Morgan fingerprint density at radius 2 is 1.76 bits per heavy atom. The van der Waals surface area contributed by atoms with E-state index in [1.807, 2.05) is 30.3 Å². The molecule has 3 heteroatoms. The number of hydrogen-bond acceptors (Lipinski definition) is 2. The zero-order chi connectivity index (χ0) is 12.3. The summed E-state index contributed by atoms with van der Waals surface area (Å²) in [5, 5.41) is 8.87. The van der Waals surface area contributed by atoms with Gasteiger partial charge in [-0.05, 0) is 29.7 Å². The van der Waals surface area contributed by atoms with Gasteiger partial charge in [0.15, 0.2) is 0 Å². The van der Waals surface area contributed by atoms with Crippen LogP contribution in [0.1, 0.15) is 21.5 Å². The van der Waals surface area contributed by atoms with E-state index in [9.17, 15) is 4.79 Å². The number of hydrogen-bond donors (Lipinski definition) is 2. The molecule has 0 aliphatic rings. The number of carboxylic acid groups (broad SMARTS) is 1. The fraction of sp³-hybridized carbons (Fsp3) is 0.0714. The Bertz CT molecular complexity index is 535. The van der Waals surface area contributed by atoms with Gasteiger partial charge < -0.3 is 10.8 Å². The monoisotopic (exact) mass is 227 g/mol. The van der Waals surface area contributed by atoms with Crippen LogP contribution in [0.15, 0.2) is 48.5 Å². The molecular formula is C14H13NO2. The second kappa shape index (κ2) is 4.70. The quantitative estimate of drug-likeness (QED) is 0.792. The number of benzene rings is 2. The van der Waals surface area contributed by atoms with E-state index in [0.29, 0.717) is 5.69 Å². The first-order valence-corrected chi connectivity index (χ1v) is 5.32. The lowest BCUT2D eigenvalue weighted by Gasteiger charge is -2.05. The molecule has 2 aromatic rings. The molecular weight excluding hydrogens is 214 g/mol. The molecule has 0 bridgehead atoms. The second-order valence-corrected chi connectivity index (χ2v) is 3.89. The minimum atomic E-state index is -0.992. The standard InChI is InChI=1S/C14H13NO2/c15-13-9-11(6-7-12(13)14(16)17)8-10-4-2-1-3-5-10/h1-7,9H,8,15H2,(H,16,17). The van der Waals surface area contributed by atoms with Crippen LogP contribution in [-0.2, 0) is 6.42 Å². The molecule has 0 saturated heterocycles. The average Bonchev–Trinajstić information content (AvgIpc) is 2.30. The van der Waals surface area contributed by atoms with Crippen molar-refractivity contribution in [1.82, 2.24) is 0 Å². The molecule has 0 heterocycles. The minimum Gasteiger partial charge on any atom is -0.478 e. The van der Waals surface area contributed by atoms with Crippen molar-refractivity contribution in [2.75, 3.05) is 5.73 Å². The molecule has 0 spiro atoms. The van der Waals surface area contributed by atoms with E-state index in [2.05, 4.69) is 0 Å². The van der Waals surface area contributed by atoms with Gasteiger partial charge >= 0.3 is 5.97 Å². The van der Waals surface area contributed by atoms with Gasteiger partial charge in [-0.25, -0.2) is 4.79 Å². The molecule has 2 rings (SSSR count). The van der Waals surface area contributed by atoms with E-state index in [0.717, 1.165) is 12.0 Å². The summed E-state index contributed by atoms with van der Waals surface area (Å²) in [6, 6.07) is 15.0. The zero-order valence-corrected chi connectivity index (χ0v) is 9.26. The van der Waals surface area contributed by atoms with Crippen LogP contribution in [0, 0.1) is 0 Å². The van der Waals surface area contributed by atoms with Gasteiger partial charge in [-0.15, -0.1) is 0 Å². The molecule has 0 aliphatic carbocycles. The van der Waals surface area contributed by atoms with Crippen molar-refractivity contribution in [2.45, 2.75) is 6.42 Å². The van der Waals surface area contributed by atoms with Crippen molar-refractivity contribution >= 4 is 11.7 Å². The highest BCUT2D eigenvalue weighted by Gasteiger charge is 2.07. The molecule has 0 atom stereocenters. The number of nitrogens with two attached hydrogens (primary N) is 1. The van der Waals surface area contributed by atoms with Crippen molar-refractivity contribution in [3.05, 3.63) is 65.2 Å². The van der Waals surface area contributed by atoms with E-state index < -0.39 is 5.97 Å². The molecule has 0 aromatic heterocycles. The maximum Gasteiger partial charge on any atom is 0.337 e. The predicted molar refractivity (Wildman–Crippen MR) is 67.1 cm³/mol. The van der Waals surface area contributed by atoms with Gasteiger partial charge in [0.1, 0.15) is 0 Å². The van der Waals surface area contributed by atoms with Crippen LogP contribution in [0.2, 0.25) is 0 Å². The number of nitrogen functional groups attached to an aromatic ring is 1. The fourth-order valence-corrected chi connectivity index (χ4v) is 1.75. The molecule has 3 N–H and O–H groups in total. The summed E-state index contributed by atoms with van der Waals surface area (Å²) >= 11 is 0. The lowest BCUT2D eigenvalue weighted by atomic mass is 10.0. The van der Waals surface area contributed by atoms with E-state index in [-0.39, 0.29) is 5.56 Å². The predicted octanol–water partition coefficient (Wildman–Crippen LogP) is 2.56. The fourth-order valence-electron chi connectivity index (χ4n) is 1.75. The highest BCUT2D eigenvalue weighted by Crippen LogP contribution is 2.17. The Labute approximate surface area is 99.5 Å². The van der Waals surface area contributed by atoms with Gasteiger partial charge in [-0.3, -0.25) is 0 Å². The molecule has 0 fully saturated rings. The molecule has 0 amide bonds. The van der Waals surface area contributed by atoms with Crippen molar-refractivity contribution in [3.63, 3.8) is 0 Å². The van der Waals surface area contributed by atoms with E-state index in [1.165, 1.54) is 5.56 Å². The third-order valence-electron chi connectivity index (χ3n) is 2.60. The van der Waals surface area contributed by atoms with Crippen LogP contribution in [0.5, 0.6) is 0 Å². The lowest BCUT2D eigenvalue weighted by Crippen LogP contribution is -2.03. The summed E-state index contributed by atoms with van der Waals surface area (Å²) in [5.41, 5.74) is 8.35. The normalized spacial score (nSPS) is 10.1. The molecule has 0 unspecified atom stereocenters. The van der Waals surface area contributed by atoms with Crippen molar-refractivity contribution in [2.24, 2.45) is 0 Å². The minimum absolute atomic E-state index is 0.154. The number of aromatic carboxylic acids is 1. The number of rotatable bonds is 3. The first-order valence-electron chi connectivity index (χ1n) is 5.32. The lowest BCUT2D eigenvalue weighted by molar-refractivity contribution is 0.0698. The first-order chi connectivity index (χ1) is 8.16. The molecule has 17 heavy (non-hydrogen) atoms. The van der Waals surface area contributed by atoms with Crippen LogP contribution in [0.4, 0.5) is 5.69 Å². The Hall–Kier alpha value is -2.29. The summed E-state index contributed by atoms with van der Waals surface area (Å²) < 4.78 is 0. The summed E-state index contributed by atoms with van der Waals surface area (Å²) in [6.07, 6.45) is 0.755. The smallest absolute Gasteiger partial charge is 0.337 e. The van der Waals surface area contributed by atoms with Gasteiger partial charge in [0.25, 0.3) is 0 Å². The Kier molecular flexibility index (Phi) is 3.10. The van der Waals surface area contributed by atoms with Crippen LogP contribution >= 0.6 is 0 Å². The third-order valence-corrected chi connectivity index (χ3v) is 2.60. The summed E-state index contributed by atoms with van der Waals surface area (Å²) in [4.78, 5) is 10.8. The van der Waals surface area contributed by atoms with Gasteiger partial charge in [-0.2, -0.15) is 0 Å². The maximum atomic E-state index is 10.8. The largest absolute Gasteiger partial charge is 0.478 e. The van der Waals surface area contributed by atoms with Crippen molar-refractivity contribution in [1.29, 1.82) is 0 Å². The molecule has 0 aliphatic heterocycles. The van der Waals surface area contributed by atoms with Crippen molar-refractivity contribution in [3.8, 4) is 0 Å². The average molecular weight is 227 g/mol. The second-order valence-electron chi connectivity index (χ2n) is 3.89. The molecule has 0 saturated carbocycles. The highest BCUT2D eigenvalue weighted by molar-refractivity contribution is 5.93. The van der Waals surface area contributed by atoms with Gasteiger partial charge in [-0.1, -0.05) is 36.4 Å². The first kappa shape index (κ1) is 11.2. The van der Waals surface area contributed by atoms with E-state index in [4.69, 9.17) is 10.8 Å². The molecule has 0 radical (unpaired) electrons. The Balaban J connectivity index is 2.24. The Morgan fingerprint density at radius 1 is 1.06 bits per heavy atom. The zero-order valence-electron chi connectivity index (χ0n) is 9.26. The summed E-state index contributed by atoms with van der Waals surface area (Å²) in [7, 11) is 0. The SMILES string of the molecule is Nc1cc(Cc2ccccc2)ccc1C(=O)O. The van der Waals surface area contributed by atoms with Crippen LogP contribution in [0.25, 0.3) is 0 Å². The number of carbonyl (C=O) groups is 1. The van der Waals surface area contributed by atoms with Crippen LogP contribution in [-0.4, -0.2) is 11.1 Å². The summed E-state index contributed by atoms with van der Waals surface area (Å²) in [5.74, 6) is -0.992. The van der Waals surface area contributed by atoms with Gasteiger partial charge in [0, 0.05) is 5.69 Å². The van der Waals surface area contributed by atoms with E-state index >= 15 is 0 Å². The maximum absolute atomic E-state index is 10.8.